The van der Waals surface area contributed by atoms with Gasteiger partial charge < -0.3 is 5.73 Å². The summed E-state index contributed by atoms with van der Waals surface area (Å²) in [7, 11) is 0. The van der Waals surface area contributed by atoms with Gasteiger partial charge in [0.15, 0.2) is 0 Å². The molecule has 16 heavy (non-hydrogen) atoms. The van der Waals surface area contributed by atoms with Crippen LogP contribution in [0.5, 0.6) is 0 Å². The molecule has 96 valence electrons. The lowest BCUT2D eigenvalue weighted by atomic mass is 9.81. The Morgan fingerprint density at radius 2 is 1.69 bits per heavy atom. The van der Waals surface area contributed by atoms with Gasteiger partial charge in [0.05, 0.1) is 0 Å². The van der Waals surface area contributed by atoms with Gasteiger partial charge in [0.25, 0.3) is 0 Å². The van der Waals surface area contributed by atoms with Crippen LogP contribution in [0.1, 0.15) is 54.4 Å². The maximum absolute atomic E-state index is 6.22. The fraction of sp³-hybridized carbons (Fsp3) is 1.00. The molecule has 2 N–H and O–H groups in total. The summed E-state index contributed by atoms with van der Waals surface area (Å²) in [5.74, 6) is 0.936. The summed E-state index contributed by atoms with van der Waals surface area (Å²) in [4.78, 5) is 2.63. The van der Waals surface area contributed by atoms with Crippen molar-refractivity contribution in [3.63, 3.8) is 0 Å². The number of hydrogen-bond acceptors (Lipinski definition) is 2. The van der Waals surface area contributed by atoms with E-state index in [0.29, 0.717) is 12.1 Å². The predicted molar refractivity (Wildman–Crippen MR) is 71.5 cm³/mol. The predicted octanol–water partition coefficient (Wildman–Crippen LogP) is 2.87. The third kappa shape index (κ3) is 3.74. The highest BCUT2D eigenvalue weighted by molar-refractivity contribution is 4.92. The molecule has 1 aliphatic rings. The van der Waals surface area contributed by atoms with E-state index in [9.17, 15) is 0 Å². The van der Waals surface area contributed by atoms with Crippen molar-refractivity contribution in [3.05, 3.63) is 0 Å². The monoisotopic (exact) mass is 226 g/mol. The Balaban J connectivity index is 2.77. The molecule has 0 saturated heterocycles. The lowest BCUT2D eigenvalue weighted by Crippen LogP contribution is -2.56. The van der Waals surface area contributed by atoms with Crippen molar-refractivity contribution < 1.29 is 0 Å². The van der Waals surface area contributed by atoms with Crippen LogP contribution in [0, 0.1) is 11.3 Å². The minimum Gasteiger partial charge on any atom is -0.327 e. The lowest BCUT2D eigenvalue weighted by molar-refractivity contribution is 0.0514. The Kier molecular flexibility index (Phi) is 4.42. The summed E-state index contributed by atoms with van der Waals surface area (Å²) in [5, 5.41) is 0. The third-order valence-corrected chi connectivity index (χ3v) is 3.57. The SMILES string of the molecule is CC(N)C(N(CC1CC1)C(C)C)C(C)(C)C. The largest absolute Gasteiger partial charge is 0.327 e. The summed E-state index contributed by atoms with van der Waals surface area (Å²) in [6.07, 6.45) is 2.83. The first kappa shape index (κ1) is 14.0. The first-order valence-corrected chi connectivity index (χ1v) is 6.74. The van der Waals surface area contributed by atoms with Gasteiger partial charge in [0.2, 0.25) is 0 Å². The van der Waals surface area contributed by atoms with Crippen molar-refractivity contribution in [1.82, 2.24) is 4.90 Å². The molecule has 0 aromatic heterocycles. The molecule has 1 saturated carbocycles. The summed E-state index contributed by atoms with van der Waals surface area (Å²) in [5.41, 5.74) is 6.47. The van der Waals surface area contributed by atoms with Crippen molar-refractivity contribution in [2.24, 2.45) is 17.1 Å². The van der Waals surface area contributed by atoms with Crippen molar-refractivity contribution in [3.8, 4) is 0 Å². The number of nitrogens with zero attached hydrogens (tertiary/aromatic N) is 1. The van der Waals surface area contributed by atoms with Gasteiger partial charge in [-0.25, -0.2) is 0 Å². The molecule has 0 heterocycles. The summed E-state index contributed by atoms with van der Waals surface area (Å²) in [6, 6.07) is 1.31. The average molecular weight is 226 g/mol. The van der Waals surface area contributed by atoms with Crippen LogP contribution < -0.4 is 5.73 Å². The van der Waals surface area contributed by atoms with Crippen LogP contribution in [-0.4, -0.2) is 29.6 Å². The smallest absolute Gasteiger partial charge is 0.0295 e. The number of nitrogens with two attached hydrogens (primary N) is 1. The highest BCUT2D eigenvalue weighted by atomic mass is 15.2. The van der Waals surface area contributed by atoms with E-state index in [1.54, 1.807) is 0 Å². The van der Waals surface area contributed by atoms with Gasteiger partial charge >= 0.3 is 0 Å². The van der Waals surface area contributed by atoms with Crippen LogP contribution in [0.4, 0.5) is 0 Å². The number of hydrogen-bond donors (Lipinski definition) is 1. The normalized spacial score (nSPS) is 21.6. The van der Waals surface area contributed by atoms with Gasteiger partial charge in [-0.3, -0.25) is 4.90 Å². The standard InChI is InChI=1S/C14H30N2/c1-10(2)16(9-12-7-8-12)13(11(3)15)14(4,5)6/h10-13H,7-9,15H2,1-6H3. The van der Waals surface area contributed by atoms with Crippen LogP contribution in [0.3, 0.4) is 0 Å². The highest BCUT2D eigenvalue weighted by Gasteiger charge is 2.37. The number of rotatable bonds is 5. The van der Waals surface area contributed by atoms with E-state index in [0.717, 1.165) is 5.92 Å². The molecule has 0 aromatic rings. The zero-order valence-electron chi connectivity index (χ0n) is 12.0. The lowest BCUT2D eigenvalue weighted by Gasteiger charge is -2.45. The van der Waals surface area contributed by atoms with E-state index >= 15 is 0 Å². The van der Waals surface area contributed by atoms with Crippen molar-refractivity contribution in [1.29, 1.82) is 0 Å². The molecule has 0 radical (unpaired) electrons. The van der Waals surface area contributed by atoms with Gasteiger partial charge in [0, 0.05) is 24.7 Å². The van der Waals surface area contributed by atoms with Crippen molar-refractivity contribution in [2.75, 3.05) is 6.54 Å². The van der Waals surface area contributed by atoms with E-state index in [1.807, 2.05) is 0 Å². The van der Waals surface area contributed by atoms with Gasteiger partial charge in [-0.1, -0.05) is 20.8 Å². The Bertz CT molecular complexity index is 211. The molecule has 0 spiro atoms. The van der Waals surface area contributed by atoms with Crippen LogP contribution in [0.2, 0.25) is 0 Å². The van der Waals surface area contributed by atoms with Gasteiger partial charge in [-0.05, 0) is 44.9 Å². The van der Waals surface area contributed by atoms with Crippen molar-refractivity contribution in [2.45, 2.75) is 72.5 Å². The molecule has 1 aliphatic carbocycles. The van der Waals surface area contributed by atoms with Crippen molar-refractivity contribution >= 4 is 0 Å². The molecule has 0 bridgehead atoms. The second kappa shape index (κ2) is 5.05. The summed E-state index contributed by atoms with van der Waals surface area (Å²) >= 11 is 0. The Hall–Kier alpha value is -0.0800. The first-order chi connectivity index (χ1) is 7.23. The fourth-order valence-corrected chi connectivity index (χ4v) is 2.83. The zero-order valence-corrected chi connectivity index (χ0v) is 12.0. The molecule has 2 unspecified atom stereocenters. The Morgan fingerprint density at radius 3 is 1.94 bits per heavy atom. The van der Waals surface area contributed by atoms with E-state index in [-0.39, 0.29) is 11.5 Å². The average Bonchev–Trinajstić information content (AvgIpc) is 2.82. The highest BCUT2D eigenvalue weighted by Crippen LogP contribution is 2.34. The topological polar surface area (TPSA) is 29.3 Å². The Morgan fingerprint density at radius 1 is 1.19 bits per heavy atom. The van der Waals surface area contributed by atoms with Crippen LogP contribution in [-0.2, 0) is 0 Å². The first-order valence-electron chi connectivity index (χ1n) is 6.74. The quantitative estimate of drug-likeness (QED) is 0.781. The van der Waals surface area contributed by atoms with E-state index in [2.05, 4.69) is 46.4 Å². The molecule has 0 amide bonds. The minimum atomic E-state index is 0.237. The van der Waals surface area contributed by atoms with Gasteiger partial charge in [0.1, 0.15) is 0 Å². The molecular weight excluding hydrogens is 196 g/mol. The van der Waals surface area contributed by atoms with Crippen LogP contribution in [0.25, 0.3) is 0 Å². The second-order valence-electron chi connectivity index (χ2n) is 6.90. The maximum atomic E-state index is 6.22. The van der Waals surface area contributed by atoms with Crippen LogP contribution >= 0.6 is 0 Å². The fourth-order valence-electron chi connectivity index (χ4n) is 2.83. The van der Waals surface area contributed by atoms with E-state index in [4.69, 9.17) is 5.73 Å². The molecule has 1 rings (SSSR count). The zero-order chi connectivity index (χ0) is 12.5. The van der Waals surface area contributed by atoms with Gasteiger partial charge in [-0.15, -0.1) is 0 Å². The minimum absolute atomic E-state index is 0.237. The molecule has 0 aromatic carbocycles. The molecule has 0 aliphatic heterocycles. The van der Waals surface area contributed by atoms with E-state index in [1.165, 1.54) is 19.4 Å². The molecular formula is C14H30N2. The molecule has 2 nitrogen and oxygen atoms in total. The third-order valence-electron chi connectivity index (χ3n) is 3.57. The molecule has 2 atom stereocenters. The Labute approximate surface area is 102 Å². The molecule has 2 heteroatoms. The van der Waals surface area contributed by atoms with Gasteiger partial charge in [-0.2, -0.15) is 0 Å². The second-order valence-corrected chi connectivity index (χ2v) is 6.90. The molecule has 1 fully saturated rings. The summed E-state index contributed by atoms with van der Waals surface area (Å²) < 4.78 is 0. The van der Waals surface area contributed by atoms with Crippen LogP contribution in [0.15, 0.2) is 0 Å². The van der Waals surface area contributed by atoms with E-state index < -0.39 is 0 Å². The summed E-state index contributed by atoms with van der Waals surface area (Å²) in [6.45, 7) is 14.9. The maximum Gasteiger partial charge on any atom is 0.0295 e.